The van der Waals surface area contributed by atoms with Crippen LogP contribution < -0.4 is 21.5 Å². The average molecular weight is 412 g/mol. The smallest absolute Gasteiger partial charge is 0.269 e. The van der Waals surface area contributed by atoms with Gasteiger partial charge in [0, 0.05) is 17.5 Å². The maximum atomic E-state index is 12.4. The zero-order valence-corrected chi connectivity index (χ0v) is 17.5. The number of nitrogen functional groups attached to an aromatic ring is 1. The van der Waals surface area contributed by atoms with Crippen LogP contribution in [0.3, 0.4) is 0 Å². The normalized spacial score (nSPS) is 10.6. The van der Waals surface area contributed by atoms with Crippen molar-refractivity contribution in [1.82, 2.24) is 15.4 Å². The van der Waals surface area contributed by atoms with E-state index in [1.54, 1.807) is 12.1 Å². The highest BCUT2D eigenvalue weighted by molar-refractivity contribution is 5.98. The fourth-order valence-corrected chi connectivity index (χ4v) is 3.47. The van der Waals surface area contributed by atoms with Crippen LogP contribution in [-0.4, -0.2) is 22.4 Å². The second-order valence-corrected chi connectivity index (χ2v) is 7.15. The molecule has 31 heavy (non-hydrogen) atoms. The standard InChI is InChI=1S/C24H24N6O/c1-3-30(20-10-6-8-17-7-4-5-9-19(17)20)23-21(25)22(26-15-27-23)28-29-24(31)18-13-11-16(2)12-14-18/h4-15H,3,25H2,1-2H3,(H,29,31)(H,26,27,28). The SMILES string of the molecule is CCN(c1ncnc(NNC(=O)c2ccc(C)cc2)c1N)c1cccc2ccccc12. The van der Waals surface area contributed by atoms with Gasteiger partial charge in [0.1, 0.15) is 12.0 Å². The van der Waals surface area contributed by atoms with Gasteiger partial charge in [0.25, 0.3) is 5.91 Å². The van der Waals surface area contributed by atoms with E-state index in [0.29, 0.717) is 29.4 Å². The molecule has 0 unspecified atom stereocenters. The summed E-state index contributed by atoms with van der Waals surface area (Å²) in [4.78, 5) is 23.1. The van der Waals surface area contributed by atoms with Gasteiger partial charge in [0.05, 0.1) is 5.69 Å². The third-order valence-electron chi connectivity index (χ3n) is 5.10. The van der Waals surface area contributed by atoms with Gasteiger partial charge in [-0.25, -0.2) is 9.97 Å². The predicted molar refractivity (Wildman–Crippen MR) is 125 cm³/mol. The molecule has 4 N–H and O–H groups in total. The molecule has 0 spiro atoms. The highest BCUT2D eigenvalue weighted by Crippen LogP contribution is 2.35. The molecule has 0 saturated heterocycles. The lowest BCUT2D eigenvalue weighted by Crippen LogP contribution is -2.30. The van der Waals surface area contributed by atoms with Gasteiger partial charge in [-0.2, -0.15) is 0 Å². The summed E-state index contributed by atoms with van der Waals surface area (Å²) in [6, 6.07) is 21.6. The molecule has 0 aliphatic rings. The topological polar surface area (TPSA) is 96.2 Å². The molecule has 7 heteroatoms. The van der Waals surface area contributed by atoms with Gasteiger partial charge >= 0.3 is 0 Å². The zero-order valence-electron chi connectivity index (χ0n) is 17.5. The zero-order chi connectivity index (χ0) is 21.8. The van der Waals surface area contributed by atoms with E-state index in [0.717, 1.165) is 22.0 Å². The molecule has 1 heterocycles. The van der Waals surface area contributed by atoms with E-state index in [9.17, 15) is 4.79 Å². The van der Waals surface area contributed by atoms with Crippen LogP contribution in [0.5, 0.6) is 0 Å². The molecule has 0 atom stereocenters. The van der Waals surface area contributed by atoms with E-state index < -0.39 is 0 Å². The Bertz CT molecular complexity index is 1220. The summed E-state index contributed by atoms with van der Waals surface area (Å²) in [5.41, 5.74) is 14.9. The number of rotatable bonds is 6. The number of carbonyl (C=O) groups excluding carboxylic acids is 1. The number of anilines is 4. The third-order valence-corrected chi connectivity index (χ3v) is 5.10. The van der Waals surface area contributed by atoms with Gasteiger partial charge in [0.15, 0.2) is 11.6 Å². The summed E-state index contributed by atoms with van der Waals surface area (Å²) in [6.45, 7) is 4.67. The number of aryl methyl sites for hydroxylation is 1. The molecule has 0 saturated carbocycles. The first-order valence-electron chi connectivity index (χ1n) is 10.1. The second kappa shape index (κ2) is 8.71. The van der Waals surface area contributed by atoms with Crippen LogP contribution >= 0.6 is 0 Å². The monoisotopic (exact) mass is 412 g/mol. The van der Waals surface area contributed by atoms with E-state index >= 15 is 0 Å². The summed E-state index contributed by atoms with van der Waals surface area (Å²) in [5.74, 6) is 0.631. The largest absolute Gasteiger partial charge is 0.393 e. The van der Waals surface area contributed by atoms with E-state index in [1.807, 2.05) is 55.1 Å². The summed E-state index contributed by atoms with van der Waals surface area (Å²) >= 11 is 0. The first kappa shape index (κ1) is 20.2. The van der Waals surface area contributed by atoms with Gasteiger partial charge in [-0.05, 0) is 37.4 Å². The van der Waals surface area contributed by atoms with Crippen molar-refractivity contribution < 1.29 is 4.79 Å². The molecule has 7 nitrogen and oxygen atoms in total. The minimum atomic E-state index is -0.277. The molecule has 3 aromatic carbocycles. The van der Waals surface area contributed by atoms with Gasteiger partial charge < -0.3 is 10.6 Å². The third kappa shape index (κ3) is 4.11. The lowest BCUT2D eigenvalue weighted by molar-refractivity contribution is 0.0962. The van der Waals surface area contributed by atoms with Crippen molar-refractivity contribution in [1.29, 1.82) is 0 Å². The van der Waals surface area contributed by atoms with Gasteiger partial charge in [-0.1, -0.05) is 54.1 Å². The number of hydrogen-bond donors (Lipinski definition) is 3. The number of aromatic nitrogens is 2. The number of amides is 1. The Hall–Kier alpha value is -4.13. The number of nitrogens with one attached hydrogen (secondary N) is 2. The average Bonchev–Trinajstić information content (AvgIpc) is 2.80. The van der Waals surface area contributed by atoms with Crippen LogP contribution in [0.2, 0.25) is 0 Å². The van der Waals surface area contributed by atoms with Crippen LogP contribution in [0.25, 0.3) is 10.8 Å². The van der Waals surface area contributed by atoms with Crippen molar-refractivity contribution in [2.24, 2.45) is 0 Å². The molecule has 0 aliphatic carbocycles. The number of hydrazine groups is 1. The van der Waals surface area contributed by atoms with E-state index in [-0.39, 0.29) is 5.91 Å². The van der Waals surface area contributed by atoms with Crippen molar-refractivity contribution in [3.8, 4) is 0 Å². The van der Waals surface area contributed by atoms with Crippen molar-refractivity contribution in [2.75, 3.05) is 22.6 Å². The molecule has 1 aromatic heterocycles. The Balaban J connectivity index is 1.61. The quantitative estimate of drug-likeness (QED) is 0.405. The molecular weight excluding hydrogens is 388 g/mol. The summed E-state index contributed by atoms with van der Waals surface area (Å²) in [7, 11) is 0. The number of fused-ring (bicyclic) bond motifs is 1. The Morgan fingerprint density at radius 3 is 2.52 bits per heavy atom. The van der Waals surface area contributed by atoms with E-state index in [1.165, 1.54) is 6.33 Å². The first-order chi connectivity index (χ1) is 15.1. The van der Waals surface area contributed by atoms with Crippen LogP contribution in [0.1, 0.15) is 22.8 Å². The Morgan fingerprint density at radius 1 is 1.00 bits per heavy atom. The summed E-state index contributed by atoms with van der Waals surface area (Å²) in [6.07, 6.45) is 1.43. The van der Waals surface area contributed by atoms with Crippen LogP contribution in [-0.2, 0) is 0 Å². The molecule has 4 aromatic rings. The van der Waals surface area contributed by atoms with E-state index in [2.05, 4.69) is 39.0 Å². The molecular formula is C24H24N6O. The second-order valence-electron chi connectivity index (χ2n) is 7.15. The molecule has 0 radical (unpaired) electrons. The number of nitrogens with two attached hydrogens (primary N) is 1. The Kier molecular flexibility index (Phi) is 5.66. The maximum Gasteiger partial charge on any atom is 0.269 e. The lowest BCUT2D eigenvalue weighted by Gasteiger charge is -2.25. The molecule has 0 aliphatic heterocycles. The fraction of sp³-hybridized carbons (Fsp3) is 0.125. The van der Waals surface area contributed by atoms with Crippen LogP contribution in [0, 0.1) is 6.92 Å². The summed E-state index contributed by atoms with van der Waals surface area (Å²) < 4.78 is 0. The lowest BCUT2D eigenvalue weighted by atomic mass is 10.1. The first-order valence-corrected chi connectivity index (χ1v) is 10.1. The molecule has 4 rings (SSSR count). The van der Waals surface area contributed by atoms with Crippen molar-refractivity contribution >= 4 is 39.7 Å². The minimum Gasteiger partial charge on any atom is -0.393 e. The molecule has 156 valence electrons. The Labute approximate surface area is 180 Å². The molecule has 0 fully saturated rings. The summed E-state index contributed by atoms with van der Waals surface area (Å²) in [5, 5.41) is 2.24. The van der Waals surface area contributed by atoms with Crippen molar-refractivity contribution in [2.45, 2.75) is 13.8 Å². The van der Waals surface area contributed by atoms with Gasteiger partial charge in [-0.15, -0.1) is 0 Å². The highest BCUT2D eigenvalue weighted by Gasteiger charge is 2.18. The van der Waals surface area contributed by atoms with E-state index in [4.69, 9.17) is 5.73 Å². The van der Waals surface area contributed by atoms with Crippen LogP contribution in [0.15, 0.2) is 73.1 Å². The number of nitrogens with zero attached hydrogens (tertiary/aromatic N) is 3. The number of benzene rings is 3. The molecule has 0 bridgehead atoms. The predicted octanol–water partition coefficient (Wildman–Crippen LogP) is 4.44. The number of hydrogen-bond acceptors (Lipinski definition) is 6. The van der Waals surface area contributed by atoms with Crippen LogP contribution in [0.4, 0.5) is 23.0 Å². The minimum absolute atomic E-state index is 0.277. The molecule has 1 amide bonds. The fourth-order valence-electron chi connectivity index (χ4n) is 3.47. The number of carbonyl (C=O) groups is 1. The van der Waals surface area contributed by atoms with Crippen molar-refractivity contribution in [3.05, 3.63) is 84.2 Å². The highest BCUT2D eigenvalue weighted by atomic mass is 16.2. The maximum absolute atomic E-state index is 12.4. The van der Waals surface area contributed by atoms with Gasteiger partial charge in [-0.3, -0.25) is 15.6 Å². The Morgan fingerprint density at radius 2 is 1.74 bits per heavy atom. The van der Waals surface area contributed by atoms with Crippen molar-refractivity contribution in [3.63, 3.8) is 0 Å². The van der Waals surface area contributed by atoms with Gasteiger partial charge in [0.2, 0.25) is 0 Å².